The number of ether oxygens (including phenoxy) is 3. The van der Waals surface area contributed by atoms with Gasteiger partial charge in [0.05, 0.1) is 26.9 Å². The molecule has 2 aromatic rings. The third-order valence-corrected chi connectivity index (χ3v) is 7.52. The van der Waals surface area contributed by atoms with E-state index >= 15 is 0 Å². The first kappa shape index (κ1) is 34.0. The maximum Gasteiger partial charge on any atom is 0.243 e. The Labute approximate surface area is 246 Å². The first-order chi connectivity index (χ1) is 19.7. The van der Waals surface area contributed by atoms with Gasteiger partial charge in [-0.3, -0.25) is 0 Å². The van der Waals surface area contributed by atoms with E-state index in [2.05, 4.69) is 67.8 Å². The van der Waals surface area contributed by atoms with E-state index in [0.29, 0.717) is 6.61 Å². The second kappa shape index (κ2) is 22.5. The highest BCUT2D eigenvalue weighted by Crippen LogP contribution is 2.40. The second-order valence-electron chi connectivity index (χ2n) is 11.5. The zero-order valence-electron chi connectivity index (χ0n) is 26.6. The molecule has 0 aliphatic carbocycles. The van der Waals surface area contributed by atoms with Crippen LogP contribution in [0.2, 0.25) is 0 Å². The molecule has 0 radical (unpaired) electrons. The molecule has 0 fully saturated rings. The predicted molar refractivity (Wildman–Crippen MR) is 168 cm³/mol. The van der Waals surface area contributed by atoms with Gasteiger partial charge in [-0.1, -0.05) is 117 Å². The largest absolute Gasteiger partial charge is 0.490 e. The number of hydrogen-bond acceptors (Lipinski definition) is 3. The number of benzene rings is 1. The van der Waals surface area contributed by atoms with Gasteiger partial charge in [0.25, 0.3) is 0 Å². The number of aryl methyl sites for hydroxylation is 1. The van der Waals surface area contributed by atoms with Gasteiger partial charge in [0.15, 0.2) is 11.5 Å². The number of unbranched alkanes of at least 4 members (excludes halogenated alkanes) is 15. The lowest BCUT2D eigenvalue weighted by molar-refractivity contribution is -0.671. The molecule has 0 atom stereocenters. The van der Waals surface area contributed by atoms with E-state index in [1.54, 1.807) is 0 Å². The van der Waals surface area contributed by atoms with E-state index < -0.39 is 0 Å². The standard InChI is InChI=1S/C35H61N2O3/c1-5-8-11-14-17-20-25-38-33-28-32(30-37-24-23-36(4)31-37)29-34(39-26-21-18-15-12-9-6-2)35(33)40-27-22-19-16-13-10-7-3/h23-24,28-29,31H,5-22,25-27,30H2,1-4H3/q+1. The van der Waals surface area contributed by atoms with Crippen LogP contribution in [0.5, 0.6) is 17.2 Å². The minimum absolute atomic E-state index is 0.708. The zero-order valence-corrected chi connectivity index (χ0v) is 26.6. The highest BCUT2D eigenvalue weighted by Gasteiger charge is 2.17. The lowest BCUT2D eigenvalue weighted by Gasteiger charge is -2.19. The normalized spacial score (nSPS) is 11.2. The molecule has 1 heterocycles. The fourth-order valence-electron chi connectivity index (χ4n) is 5.07. The Morgan fingerprint density at radius 2 is 1.00 bits per heavy atom. The topological polar surface area (TPSA) is 36.5 Å². The van der Waals surface area contributed by atoms with Gasteiger partial charge in [-0.05, 0) is 31.4 Å². The Balaban J connectivity index is 2.10. The van der Waals surface area contributed by atoms with Gasteiger partial charge < -0.3 is 14.2 Å². The van der Waals surface area contributed by atoms with Crippen molar-refractivity contribution >= 4 is 0 Å². The average Bonchev–Trinajstić information content (AvgIpc) is 3.36. The number of aromatic nitrogens is 2. The summed E-state index contributed by atoms with van der Waals surface area (Å²) in [6.07, 6.45) is 28.8. The molecule has 0 aliphatic heterocycles. The average molecular weight is 558 g/mol. The fraction of sp³-hybridized carbons (Fsp3) is 0.743. The highest BCUT2D eigenvalue weighted by molar-refractivity contribution is 5.54. The molecule has 0 bridgehead atoms. The molecular weight excluding hydrogens is 496 g/mol. The maximum atomic E-state index is 6.44. The Kier molecular flexibility index (Phi) is 19.2. The monoisotopic (exact) mass is 557 g/mol. The highest BCUT2D eigenvalue weighted by atomic mass is 16.5. The van der Waals surface area contributed by atoms with Gasteiger partial charge in [-0.2, -0.15) is 0 Å². The Bertz CT molecular complexity index is 840. The summed E-state index contributed by atoms with van der Waals surface area (Å²) in [5.41, 5.74) is 1.18. The van der Waals surface area contributed by atoms with E-state index in [9.17, 15) is 0 Å². The molecule has 40 heavy (non-hydrogen) atoms. The summed E-state index contributed by atoms with van der Waals surface area (Å²) in [5, 5.41) is 0. The van der Waals surface area contributed by atoms with Crippen molar-refractivity contribution in [3.63, 3.8) is 0 Å². The third-order valence-electron chi connectivity index (χ3n) is 7.52. The summed E-state index contributed by atoms with van der Waals surface area (Å²) >= 11 is 0. The molecule has 1 aromatic heterocycles. The van der Waals surface area contributed by atoms with E-state index in [4.69, 9.17) is 14.2 Å². The minimum atomic E-state index is 0.708. The Morgan fingerprint density at radius 1 is 0.575 bits per heavy atom. The molecule has 0 spiro atoms. The van der Waals surface area contributed by atoms with Crippen LogP contribution in [0.4, 0.5) is 0 Å². The van der Waals surface area contributed by atoms with Crippen molar-refractivity contribution in [2.24, 2.45) is 7.05 Å². The molecule has 5 heteroatoms. The number of imidazole rings is 1. The molecular formula is C35H61N2O3+. The lowest BCUT2D eigenvalue weighted by Crippen LogP contribution is -2.23. The number of rotatable bonds is 26. The van der Waals surface area contributed by atoms with Crippen LogP contribution in [0.15, 0.2) is 30.9 Å². The van der Waals surface area contributed by atoms with Gasteiger partial charge in [0.1, 0.15) is 18.9 Å². The smallest absolute Gasteiger partial charge is 0.243 e. The SMILES string of the molecule is CCCCCCCCOc1cc(Cn2cc[n+](C)c2)cc(OCCCCCCCC)c1OCCCCCCCC. The Hall–Kier alpha value is -2.17. The number of hydrogen-bond donors (Lipinski definition) is 0. The molecule has 2 rings (SSSR count). The molecule has 1 aromatic carbocycles. The molecule has 5 nitrogen and oxygen atoms in total. The summed E-state index contributed by atoms with van der Waals surface area (Å²) in [4.78, 5) is 0. The minimum Gasteiger partial charge on any atom is -0.490 e. The molecule has 0 aliphatic rings. The molecule has 0 saturated heterocycles. The third kappa shape index (κ3) is 15.0. The zero-order chi connectivity index (χ0) is 28.7. The van der Waals surface area contributed by atoms with Crippen molar-refractivity contribution in [2.75, 3.05) is 19.8 Å². The quantitative estimate of drug-likeness (QED) is 0.0853. The van der Waals surface area contributed by atoms with Gasteiger partial charge in [0, 0.05) is 5.56 Å². The molecule has 0 unspecified atom stereocenters. The van der Waals surface area contributed by atoms with Crippen molar-refractivity contribution in [1.29, 1.82) is 0 Å². The van der Waals surface area contributed by atoms with Crippen molar-refractivity contribution in [3.8, 4) is 17.2 Å². The van der Waals surface area contributed by atoms with Gasteiger partial charge >= 0.3 is 0 Å². The van der Waals surface area contributed by atoms with E-state index in [1.807, 2.05) is 0 Å². The molecule has 0 N–H and O–H groups in total. The van der Waals surface area contributed by atoms with Crippen molar-refractivity contribution in [1.82, 2.24) is 4.57 Å². The van der Waals surface area contributed by atoms with Crippen LogP contribution in [-0.4, -0.2) is 24.4 Å². The van der Waals surface area contributed by atoms with Gasteiger partial charge in [-0.25, -0.2) is 9.13 Å². The predicted octanol–water partition coefficient (Wildman–Crippen LogP) is 9.58. The summed E-state index contributed by atoms with van der Waals surface area (Å²) in [6.45, 7) is 9.73. The second-order valence-corrected chi connectivity index (χ2v) is 11.5. The van der Waals surface area contributed by atoms with Gasteiger partial charge in [0.2, 0.25) is 12.1 Å². The van der Waals surface area contributed by atoms with Crippen LogP contribution in [-0.2, 0) is 13.6 Å². The van der Waals surface area contributed by atoms with Crippen LogP contribution < -0.4 is 18.8 Å². The van der Waals surface area contributed by atoms with Crippen LogP contribution in [0.25, 0.3) is 0 Å². The fourth-order valence-corrected chi connectivity index (χ4v) is 5.07. The summed E-state index contributed by atoms with van der Waals surface area (Å²) < 4.78 is 23.6. The Morgan fingerprint density at radius 3 is 1.43 bits per heavy atom. The molecule has 228 valence electrons. The van der Waals surface area contributed by atoms with E-state index in [1.165, 1.54) is 102 Å². The summed E-state index contributed by atoms with van der Waals surface area (Å²) in [5.74, 6) is 2.48. The first-order valence-electron chi connectivity index (χ1n) is 16.7. The van der Waals surface area contributed by atoms with Crippen molar-refractivity contribution < 1.29 is 18.8 Å². The number of nitrogens with zero attached hydrogens (tertiary/aromatic N) is 2. The van der Waals surface area contributed by atoms with Gasteiger partial charge in [-0.15, -0.1) is 0 Å². The van der Waals surface area contributed by atoms with Crippen LogP contribution >= 0.6 is 0 Å². The molecule has 0 amide bonds. The first-order valence-corrected chi connectivity index (χ1v) is 16.7. The summed E-state index contributed by atoms with van der Waals surface area (Å²) in [7, 11) is 2.06. The van der Waals surface area contributed by atoms with E-state index in [-0.39, 0.29) is 0 Å². The molecule has 0 saturated carbocycles. The van der Waals surface area contributed by atoms with Crippen LogP contribution in [0, 0.1) is 0 Å². The maximum absolute atomic E-state index is 6.44. The van der Waals surface area contributed by atoms with Crippen molar-refractivity contribution in [2.45, 2.75) is 143 Å². The van der Waals surface area contributed by atoms with Crippen LogP contribution in [0.1, 0.15) is 142 Å². The van der Waals surface area contributed by atoms with Crippen LogP contribution in [0.3, 0.4) is 0 Å². The van der Waals surface area contributed by atoms with Crippen molar-refractivity contribution in [3.05, 3.63) is 36.4 Å². The van der Waals surface area contributed by atoms with E-state index in [0.717, 1.165) is 56.3 Å². The summed E-state index contributed by atoms with van der Waals surface area (Å²) in [6, 6.07) is 4.34. The lowest BCUT2D eigenvalue weighted by atomic mass is 10.1.